The number of aldehydes is 1. The van der Waals surface area contributed by atoms with Gasteiger partial charge in [0.25, 0.3) is 0 Å². The summed E-state index contributed by atoms with van der Waals surface area (Å²) in [6, 6.07) is 3.81. The number of halogens is 1. The predicted molar refractivity (Wildman–Crippen MR) is 48.5 cm³/mol. The Morgan fingerprint density at radius 2 is 2.14 bits per heavy atom. The number of carboxylic acids is 1. The van der Waals surface area contributed by atoms with Crippen LogP contribution in [-0.4, -0.2) is 17.4 Å². The van der Waals surface area contributed by atoms with E-state index >= 15 is 0 Å². The Morgan fingerprint density at radius 3 is 2.64 bits per heavy atom. The standard InChI is InChI=1S/C10H7FO3/c11-9-5-7(6-12)1-2-8(9)3-4-10(13)14/h1-6H,(H,13,14). The molecule has 0 spiro atoms. The first-order valence-corrected chi connectivity index (χ1v) is 3.79. The smallest absolute Gasteiger partial charge is 0.328 e. The average molecular weight is 194 g/mol. The molecule has 4 heteroatoms. The van der Waals surface area contributed by atoms with E-state index in [2.05, 4.69) is 0 Å². The van der Waals surface area contributed by atoms with Crippen molar-refractivity contribution in [2.75, 3.05) is 0 Å². The first-order valence-electron chi connectivity index (χ1n) is 3.79. The average Bonchev–Trinajstić information content (AvgIpc) is 2.15. The van der Waals surface area contributed by atoms with Gasteiger partial charge in [-0.1, -0.05) is 12.1 Å². The van der Waals surface area contributed by atoms with Crippen molar-refractivity contribution in [3.8, 4) is 0 Å². The lowest BCUT2D eigenvalue weighted by Crippen LogP contribution is -1.89. The number of hydrogen-bond donors (Lipinski definition) is 1. The van der Waals surface area contributed by atoms with Crippen LogP contribution >= 0.6 is 0 Å². The van der Waals surface area contributed by atoms with E-state index in [0.717, 1.165) is 18.2 Å². The summed E-state index contributed by atoms with van der Waals surface area (Å²) in [6.07, 6.45) is 2.49. The summed E-state index contributed by atoms with van der Waals surface area (Å²) < 4.78 is 13.1. The number of carbonyl (C=O) groups excluding carboxylic acids is 1. The van der Waals surface area contributed by atoms with Gasteiger partial charge in [-0.3, -0.25) is 4.79 Å². The van der Waals surface area contributed by atoms with Crippen molar-refractivity contribution < 1.29 is 19.1 Å². The summed E-state index contributed by atoms with van der Waals surface area (Å²) in [7, 11) is 0. The minimum Gasteiger partial charge on any atom is -0.478 e. The zero-order valence-corrected chi connectivity index (χ0v) is 7.11. The molecule has 0 heterocycles. The maximum Gasteiger partial charge on any atom is 0.328 e. The molecule has 0 aliphatic heterocycles. The molecule has 0 aliphatic rings. The van der Waals surface area contributed by atoms with Crippen molar-refractivity contribution in [2.45, 2.75) is 0 Å². The Labute approximate surface area is 79.5 Å². The van der Waals surface area contributed by atoms with Crippen LogP contribution in [0.2, 0.25) is 0 Å². The minimum absolute atomic E-state index is 0.137. The molecule has 0 radical (unpaired) electrons. The molecule has 14 heavy (non-hydrogen) atoms. The molecule has 1 aromatic carbocycles. The molecule has 0 aromatic heterocycles. The van der Waals surface area contributed by atoms with Crippen molar-refractivity contribution in [1.82, 2.24) is 0 Å². The van der Waals surface area contributed by atoms with Gasteiger partial charge in [0.15, 0.2) is 0 Å². The lowest BCUT2D eigenvalue weighted by molar-refractivity contribution is -0.131. The van der Waals surface area contributed by atoms with Gasteiger partial charge in [0, 0.05) is 17.2 Å². The van der Waals surface area contributed by atoms with Gasteiger partial charge in [-0.05, 0) is 12.1 Å². The monoisotopic (exact) mass is 194 g/mol. The zero-order valence-electron chi connectivity index (χ0n) is 7.11. The summed E-state index contributed by atoms with van der Waals surface area (Å²) in [5.41, 5.74) is 0.355. The molecular formula is C10H7FO3. The molecule has 72 valence electrons. The molecule has 0 unspecified atom stereocenters. The van der Waals surface area contributed by atoms with Crippen LogP contribution < -0.4 is 0 Å². The van der Waals surface area contributed by atoms with E-state index in [4.69, 9.17) is 5.11 Å². The third-order valence-corrected chi connectivity index (χ3v) is 1.57. The quantitative estimate of drug-likeness (QED) is 0.589. The summed E-state index contributed by atoms with van der Waals surface area (Å²) in [5.74, 6) is -1.77. The highest BCUT2D eigenvalue weighted by Gasteiger charge is 2.00. The molecule has 0 saturated carbocycles. The SMILES string of the molecule is O=Cc1ccc(C=CC(=O)O)c(F)c1. The summed E-state index contributed by atoms with van der Waals surface area (Å²) in [4.78, 5) is 20.4. The maximum absolute atomic E-state index is 13.1. The second-order valence-corrected chi connectivity index (χ2v) is 2.57. The third kappa shape index (κ3) is 2.52. The molecular weight excluding hydrogens is 187 g/mol. The molecule has 1 rings (SSSR count). The lowest BCUT2D eigenvalue weighted by atomic mass is 10.1. The third-order valence-electron chi connectivity index (χ3n) is 1.57. The molecule has 0 saturated heterocycles. The van der Waals surface area contributed by atoms with Gasteiger partial charge >= 0.3 is 5.97 Å². The Hall–Kier alpha value is -1.97. The lowest BCUT2D eigenvalue weighted by Gasteiger charge is -1.96. The molecule has 1 N–H and O–H groups in total. The van der Waals surface area contributed by atoms with E-state index in [1.807, 2.05) is 0 Å². The number of aliphatic carboxylic acids is 1. The van der Waals surface area contributed by atoms with E-state index in [9.17, 15) is 14.0 Å². The number of carboxylic acid groups (broad SMARTS) is 1. The van der Waals surface area contributed by atoms with Crippen LogP contribution in [0.1, 0.15) is 15.9 Å². The van der Waals surface area contributed by atoms with Crippen LogP contribution in [0, 0.1) is 5.82 Å². The van der Waals surface area contributed by atoms with E-state index in [-0.39, 0.29) is 11.1 Å². The second kappa shape index (κ2) is 4.32. The fourth-order valence-electron chi connectivity index (χ4n) is 0.913. The van der Waals surface area contributed by atoms with E-state index in [0.29, 0.717) is 6.29 Å². The molecule has 0 bridgehead atoms. The molecule has 0 amide bonds. The fourth-order valence-corrected chi connectivity index (χ4v) is 0.913. The van der Waals surface area contributed by atoms with E-state index in [1.165, 1.54) is 12.1 Å². The van der Waals surface area contributed by atoms with Gasteiger partial charge in [0.2, 0.25) is 0 Å². The largest absolute Gasteiger partial charge is 0.478 e. The normalized spacial score (nSPS) is 10.4. The molecule has 0 atom stereocenters. The maximum atomic E-state index is 13.1. The van der Waals surface area contributed by atoms with Gasteiger partial charge in [-0.15, -0.1) is 0 Å². The minimum atomic E-state index is -1.15. The van der Waals surface area contributed by atoms with Gasteiger partial charge in [-0.2, -0.15) is 0 Å². The predicted octanol–water partition coefficient (Wildman–Crippen LogP) is 1.74. The van der Waals surface area contributed by atoms with Crippen LogP contribution in [0.4, 0.5) is 4.39 Å². The highest BCUT2D eigenvalue weighted by Crippen LogP contribution is 2.10. The van der Waals surface area contributed by atoms with Crippen LogP contribution in [0.3, 0.4) is 0 Å². The van der Waals surface area contributed by atoms with E-state index in [1.54, 1.807) is 0 Å². The topological polar surface area (TPSA) is 54.4 Å². The Kier molecular flexibility index (Phi) is 3.12. The fraction of sp³-hybridized carbons (Fsp3) is 0. The molecule has 0 aliphatic carbocycles. The first kappa shape index (κ1) is 10.1. The summed E-state index contributed by atoms with van der Waals surface area (Å²) in [6.45, 7) is 0. The number of benzene rings is 1. The van der Waals surface area contributed by atoms with Gasteiger partial charge in [0.05, 0.1) is 0 Å². The first-order chi connectivity index (χ1) is 6.63. The zero-order chi connectivity index (χ0) is 10.6. The molecule has 0 fully saturated rings. The summed E-state index contributed by atoms with van der Waals surface area (Å²) >= 11 is 0. The van der Waals surface area contributed by atoms with Crippen molar-refractivity contribution >= 4 is 18.3 Å². The van der Waals surface area contributed by atoms with Crippen molar-refractivity contribution in [3.63, 3.8) is 0 Å². The van der Waals surface area contributed by atoms with Crippen LogP contribution in [0.5, 0.6) is 0 Å². The molecule has 1 aromatic rings. The van der Waals surface area contributed by atoms with Crippen molar-refractivity contribution in [3.05, 3.63) is 41.2 Å². The Morgan fingerprint density at radius 1 is 1.43 bits per heavy atom. The van der Waals surface area contributed by atoms with E-state index < -0.39 is 11.8 Å². The number of hydrogen-bond acceptors (Lipinski definition) is 2. The van der Waals surface area contributed by atoms with Crippen molar-refractivity contribution in [2.24, 2.45) is 0 Å². The van der Waals surface area contributed by atoms with Gasteiger partial charge in [0.1, 0.15) is 12.1 Å². The second-order valence-electron chi connectivity index (χ2n) is 2.57. The number of carbonyl (C=O) groups is 2. The summed E-state index contributed by atoms with van der Waals surface area (Å²) in [5, 5.41) is 8.30. The Balaban J connectivity index is 3.00. The highest BCUT2D eigenvalue weighted by atomic mass is 19.1. The van der Waals surface area contributed by atoms with Crippen LogP contribution in [0.25, 0.3) is 6.08 Å². The number of rotatable bonds is 3. The van der Waals surface area contributed by atoms with Crippen LogP contribution in [-0.2, 0) is 4.79 Å². The highest BCUT2D eigenvalue weighted by molar-refractivity contribution is 5.85. The van der Waals surface area contributed by atoms with Gasteiger partial charge < -0.3 is 5.11 Å². The van der Waals surface area contributed by atoms with Crippen molar-refractivity contribution in [1.29, 1.82) is 0 Å². The van der Waals surface area contributed by atoms with Gasteiger partial charge in [-0.25, -0.2) is 9.18 Å². The van der Waals surface area contributed by atoms with Crippen LogP contribution in [0.15, 0.2) is 24.3 Å². The Bertz CT molecular complexity index is 396. The molecule has 3 nitrogen and oxygen atoms in total.